The van der Waals surface area contributed by atoms with Crippen LogP contribution in [0.5, 0.6) is 0 Å². The maximum absolute atomic E-state index is 13.6. The van der Waals surface area contributed by atoms with Crippen molar-refractivity contribution in [1.29, 1.82) is 0 Å². The van der Waals surface area contributed by atoms with Crippen molar-refractivity contribution < 1.29 is 27.2 Å². The summed E-state index contributed by atoms with van der Waals surface area (Å²) in [6.45, 7) is 3.64. The van der Waals surface area contributed by atoms with E-state index < -0.39 is 29.0 Å². The fourth-order valence-electron chi connectivity index (χ4n) is 3.68. The van der Waals surface area contributed by atoms with E-state index in [1.165, 1.54) is 11.1 Å². The van der Waals surface area contributed by atoms with Crippen LogP contribution in [0.1, 0.15) is 52.5 Å². The van der Waals surface area contributed by atoms with Gasteiger partial charge in [0.2, 0.25) is 0 Å². The molecule has 1 aromatic carbocycles. The average Bonchev–Trinajstić information content (AvgIpc) is 2.80. The monoisotopic (exact) mass is 466 g/mol. The molecule has 6 nitrogen and oxygen atoms in total. The number of alkyl halides is 3. The summed E-state index contributed by atoms with van der Waals surface area (Å²) < 4.78 is 53.4. The lowest BCUT2D eigenvalue weighted by Gasteiger charge is -2.36. The zero-order valence-electron chi connectivity index (χ0n) is 18.3. The topological polar surface area (TPSA) is 65.5 Å². The molecule has 0 spiro atoms. The maximum atomic E-state index is 13.6. The number of amides is 2. The number of rotatable bonds is 7. The average molecular weight is 466 g/mol. The highest BCUT2D eigenvalue weighted by atomic mass is 19.4. The SMILES string of the molecule is CCCCCNC(=O)c1cncc(N2CCN(C(=O)c3cc(F)ccc3C(F)(F)F)CC2)c1. The summed E-state index contributed by atoms with van der Waals surface area (Å²) in [6, 6.07) is 3.61. The third-order valence-electron chi connectivity index (χ3n) is 5.50. The minimum Gasteiger partial charge on any atom is -0.367 e. The summed E-state index contributed by atoms with van der Waals surface area (Å²) in [5, 5.41) is 2.85. The summed E-state index contributed by atoms with van der Waals surface area (Å²) in [5.41, 5.74) is -0.750. The van der Waals surface area contributed by atoms with Crippen molar-refractivity contribution in [3.05, 3.63) is 59.2 Å². The molecule has 0 bridgehead atoms. The lowest BCUT2D eigenvalue weighted by atomic mass is 10.0. The van der Waals surface area contributed by atoms with E-state index in [2.05, 4.69) is 17.2 Å². The number of nitrogens with one attached hydrogen (secondary N) is 1. The maximum Gasteiger partial charge on any atom is 0.417 e. The number of aromatic nitrogens is 1. The van der Waals surface area contributed by atoms with Gasteiger partial charge in [-0.05, 0) is 30.7 Å². The number of pyridine rings is 1. The van der Waals surface area contributed by atoms with Gasteiger partial charge in [0.05, 0.1) is 28.6 Å². The number of carbonyl (C=O) groups excluding carboxylic acids is 2. The Hall–Kier alpha value is -3.17. The molecular formula is C23H26F4N4O2. The standard InChI is InChI=1S/C23H26F4N4O2/c1-2-3-4-7-29-21(32)16-12-18(15-28-14-16)30-8-10-31(11-9-30)22(33)19-13-17(24)5-6-20(19)23(25,26)27/h5-6,12-15H,2-4,7-11H2,1H3,(H,29,32). The van der Waals surface area contributed by atoms with E-state index in [0.717, 1.165) is 19.3 Å². The largest absolute Gasteiger partial charge is 0.417 e. The second kappa shape index (κ2) is 10.6. The van der Waals surface area contributed by atoms with Crippen molar-refractivity contribution >= 4 is 17.5 Å². The molecule has 3 rings (SSSR count). The number of hydrogen-bond acceptors (Lipinski definition) is 4. The molecule has 1 aliphatic heterocycles. The van der Waals surface area contributed by atoms with Crippen LogP contribution in [-0.2, 0) is 6.18 Å². The van der Waals surface area contributed by atoms with Crippen LogP contribution < -0.4 is 10.2 Å². The van der Waals surface area contributed by atoms with Gasteiger partial charge >= 0.3 is 6.18 Å². The Morgan fingerprint density at radius 3 is 2.45 bits per heavy atom. The van der Waals surface area contributed by atoms with Gasteiger partial charge in [-0.25, -0.2) is 4.39 Å². The number of hydrogen-bond donors (Lipinski definition) is 1. The van der Waals surface area contributed by atoms with Gasteiger partial charge in [0.15, 0.2) is 0 Å². The molecule has 1 aromatic heterocycles. The van der Waals surface area contributed by atoms with Gasteiger partial charge in [-0.15, -0.1) is 0 Å². The van der Waals surface area contributed by atoms with E-state index in [4.69, 9.17) is 0 Å². The Bertz CT molecular complexity index is 989. The van der Waals surface area contributed by atoms with Crippen LogP contribution in [0, 0.1) is 5.82 Å². The minimum absolute atomic E-state index is 0.153. The van der Waals surface area contributed by atoms with Crippen LogP contribution in [0.25, 0.3) is 0 Å². The Kier molecular flexibility index (Phi) is 7.88. The molecule has 0 saturated carbocycles. The second-order valence-corrected chi connectivity index (χ2v) is 7.86. The fourth-order valence-corrected chi connectivity index (χ4v) is 3.68. The molecule has 1 N–H and O–H groups in total. The van der Waals surface area contributed by atoms with Gasteiger partial charge in [0, 0.05) is 38.9 Å². The van der Waals surface area contributed by atoms with E-state index in [-0.39, 0.29) is 19.0 Å². The first kappa shape index (κ1) is 24.5. The van der Waals surface area contributed by atoms with Crippen molar-refractivity contribution in [2.45, 2.75) is 32.4 Å². The zero-order valence-corrected chi connectivity index (χ0v) is 18.3. The fraction of sp³-hybridized carbons (Fsp3) is 0.435. The number of carbonyl (C=O) groups is 2. The molecule has 0 aliphatic carbocycles. The smallest absolute Gasteiger partial charge is 0.367 e. The van der Waals surface area contributed by atoms with Crippen molar-refractivity contribution in [1.82, 2.24) is 15.2 Å². The van der Waals surface area contributed by atoms with Crippen molar-refractivity contribution in [3.8, 4) is 0 Å². The Balaban J connectivity index is 1.64. The van der Waals surface area contributed by atoms with Gasteiger partial charge in [0.1, 0.15) is 5.82 Å². The first-order chi connectivity index (χ1) is 15.7. The lowest BCUT2D eigenvalue weighted by molar-refractivity contribution is -0.138. The number of unbranched alkanes of at least 4 members (excludes halogenated alkanes) is 2. The van der Waals surface area contributed by atoms with Gasteiger partial charge < -0.3 is 15.1 Å². The highest BCUT2D eigenvalue weighted by Gasteiger charge is 2.37. The van der Waals surface area contributed by atoms with E-state index in [9.17, 15) is 27.2 Å². The third kappa shape index (κ3) is 6.21. The molecule has 178 valence electrons. The molecule has 2 heterocycles. The van der Waals surface area contributed by atoms with Crippen LogP contribution in [0.2, 0.25) is 0 Å². The van der Waals surface area contributed by atoms with Crippen LogP contribution in [-0.4, -0.2) is 54.4 Å². The third-order valence-corrected chi connectivity index (χ3v) is 5.50. The van der Waals surface area contributed by atoms with E-state index in [1.807, 2.05) is 4.90 Å². The predicted octanol–water partition coefficient (Wildman–Crippen LogP) is 4.12. The molecule has 2 aromatic rings. The van der Waals surface area contributed by atoms with Crippen LogP contribution in [0.3, 0.4) is 0 Å². The number of nitrogens with zero attached hydrogens (tertiary/aromatic N) is 3. The van der Waals surface area contributed by atoms with Crippen molar-refractivity contribution in [3.63, 3.8) is 0 Å². The van der Waals surface area contributed by atoms with Gasteiger partial charge in [-0.1, -0.05) is 19.8 Å². The number of halogens is 4. The lowest BCUT2D eigenvalue weighted by Crippen LogP contribution is -2.49. The quantitative estimate of drug-likeness (QED) is 0.493. The second-order valence-electron chi connectivity index (χ2n) is 7.86. The number of anilines is 1. The molecule has 2 amide bonds. The van der Waals surface area contributed by atoms with Crippen molar-refractivity contribution in [2.75, 3.05) is 37.6 Å². The zero-order chi connectivity index (χ0) is 24.0. The summed E-state index contributed by atoms with van der Waals surface area (Å²) >= 11 is 0. The highest BCUT2D eigenvalue weighted by Crippen LogP contribution is 2.33. The van der Waals surface area contributed by atoms with Gasteiger partial charge in [0.25, 0.3) is 11.8 Å². The number of piperazine rings is 1. The summed E-state index contributed by atoms with van der Waals surface area (Å²) in [4.78, 5) is 32.4. The summed E-state index contributed by atoms with van der Waals surface area (Å²) in [7, 11) is 0. The minimum atomic E-state index is -4.76. The first-order valence-electron chi connectivity index (χ1n) is 10.8. The predicted molar refractivity (Wildman–Crippen MR) is 116 cm³/mol. The van der Waals surface area contributed by atoms with Crippen LogP contribution in [0.4, 0.5) is 23.2 Å². The molecule has 33 heavy (non-hydrogen) atoms. The summed E-state index contributed by atoms with van der Waals surface area (Å²) in [5.74, 6) is -1.99. The van der Waals surface area contributed by atoms with Crippen LogP contribution in [0.15, 0.2) is 36.7 Å². The highest BCUT2D eigenvalue weighted by molar-refractivity contribution is 5.96. The van der Waals surface area contributed by atoms with Crippen molar-refractivity contribution in [2.24, 2.45) is 0 Å². The van der Waals surface area contributed by atoms with E-state index in [0.29, 0.717) is 49.1 Å². The molecule has 1 saturated heterocycles. The number of benzene rings is 1. The van der Waals surface area contributed by atoms with Crippen LogP contribution >= 0.6 is 0 Å². The molecule has 0 unspecified atom stereocenters. The van der Waals surface area contributed by atoms with E-state index in [1.54, 1.807) is 12.3 Å². The Labute approximate surface area is 189 Å². The Morgan fingerprint density at radius 2 is 1.79 bits per heavy atom. The Morgan fingerprint density at radius 1 is 1.06 bits per heavy atom. The first-order valence-corrected chi connectivity index (χ1v) is 10.8. The van der Waals surface area contributed by atoms with Gasteiger partial charge in [-0.2, -0.15) is 13.2 Å². The van der Waals surface area contributed by atoms with E-state index >= 15 is 0 Å². The normalized spacial score (nSPS) is 14.3. The molecule has 1 aliphatic rings. The molecule has 1 fully saturated rings. The van der Waals surface area contributed by atoms with Gasteiger partial charge in [-0.3, -0.25) is 14.6 Å². The molecule has 0 atom stereocenters. The molecular weight excluding hydrogens is 440 g/mol. The molecule has 0 radical (unpaired) electrons. The summed E-state index contributed by atoms with van der Waals surface area (Å²) in [6.07, 6.45) is 1.29. The molecule has 10 heteroatoms.